The van der Waals surface area contributed by atoms with E-state index in [-0.39, 0.29) is 0 Å². The maximum Gasteiger partial charge on any atom is 0.416 e. The van der Waals surface area contributed by atoms with Crippen LogP contribution in [0.2, 0.25) is 0 Å². The molecule has 0 amide bonds. The van der Waals surface area contributed by atoms with Gasteiger partial charge in [0.1, 0.15) is 0 Å². The van der Waals surface area contributed by atoms with Crippen molar-refractivity contribution in [3.63, 3.8) is 0 Å². The number of alkyl halides is 5. The lowest BCUT2D eigenvalue weighted by atomic mass is 10.1. The van der Waals surface area contributed by atoms with Gasteiger partial charge in [0.15, 0.2) is 0 Å². The van der Waals surface area contributed by atoms with Crippen molar-refractivity contribution in [1.82, 2.24) is 0 Å². The summed E-state index contributed by atoms with van der Waals surface area (Å²) in [6.07, 6.45) is -3.36. The molecule has 14 heavy (non-hydrogen) atoms. The van der Waals surface area contributed by atoms with Crippen LogP contribution < -0.4 is 0 Å². The molecule has 0 heterocycles. The molecule has 0 aliphatic heterocycles. The van der Waals surface area contributed by atoms with Crippen molar-refractivity contribution in [1.29, 1.82) is 0 Å². The molecular weight excluding hydrogens is 203 g/mol. The quantitative estimate of drug-likeness (QED) is 0.479. The molecule has 0 aliphatic rings. The summed E-state index contributed by atoms with van der Waals surface area (Å²) in [4.78, 5) is 0. The van der Waals surface area contributed by atoms with Crippen LogP contribution in [0, 0.1) is 0 Å². The molecule has 0 nitrogen and oxygen atoms in total. The van der Waals surface area contributed by atoms with E-state index in [2.05, 4.69) is 0 Å². The van der Waals surface area contributed by atoms with E-state index in [1.54, 1.807) is 0 Å². The largest absolute Gasteiger partial charge is 0.416 e. The third kappa shape index (κ3) is 3.89. The summed E-state index contributed by atoms with van der Waals surface area (Å²) in [5, 5.41) is 0. The lowest BCUT2D eigenvalue weighted by molar-refractivity contribution is -0.0885. The molecule has 0 rings (SSSR count). The van der Waals surface area contributed by atoms with E-state index in [1.807, 2.05) is 0 Å². The van der Waals surface area contributed by atoms with Crippen LogP contribution in [-0.4, -0.2) is 12.1 Å². The first kappa shape index (κ1) is 13.1. The molecule has 0 aromatic rings. The van der Waals surface area contributed by atoms with Crippen LogP contribution in [0.15, 0.2) is 23.3 Å². The number of hydrogen-bond acceptors (Lipinski definition) is 0. The van der Waals surface area contributed by atoms with Gasteiger partial charge in [-0.15, -0.1) is 0 Å². The molecule has 0 spiro atoms. The first-order valence-corrected chi connectivity index (χ1v) is 3.89. The van der Waals surface area contributed by atoms with E-state index in [9.17, 15) is 22.0 Å². The van der Waals surface area contributed by atoms with Crippen molar-refractivity contribution in [3.8, 4) is 0 Å². The fraction of sp³-hybridized carbons (Fsp3) is 0.556. The van der Waals surface area contributed by atoms with E-state index < -0.39 is 23.2 Å². The topological polar surface area (TPSA) is 0 Å². The summed E-state index contributed by atoms with van der Waals surface area (Å²) < 4.78 is 61.4. The molecular formula is C9H11F5. The standard InChI is InChI=1S/C9H11F5/c1-4-7(9(12,13)14)5-6(2)8(3,10)11/h4-5H,1-3H3/b6-5+,7-4+. The summed E-state index contributed by atoms with van der Waals surface area (Å²) in [6.45, 7) is 2.68. The second kappa shape index (κ2) is 4.11. The molecule has 0 unspecified atom stereocenters. The molecule has 0 aliphatic carbocycles. The van der Waals surface area contributed by atoms with Gasteiger partial charge < -0.3 is 0 Å². The first-order valence-electron chi connectivity index (χ1n) is 3.89. The summed E-state index contributed by atoms with van der Waals surface area (Å²) in [6, 6.07) is 0. The lowest BCUT2D eigenvalue weighted by Crippen LogP contribution is -2.15. The average Bonchev–Trinajstić information content (AvgIpc) is 1.95. The number of hydrogen-bond donors (Lipinski definition) is 0. The van der Waals surface area contributed by atoms with Crippen molar-refractivity contribution >= 4 is 0 Å². The second-order valence-electron chi connectivity index (χ2n) is 2.96. The zero-order valence-electron chi connectivity index (χ0n) is 8.04. The van der Waals surface area contributed by atoms with Crippen LogP contribution in [0.25, 0.3) is 0 Å². The molecule has 0 aromatic heterocycles. The highest BCUT2D eigenvalue weighted by Gasteiger charge is 2.33. The summed E-state index contributed by atoms with van der Waals surface area (Å²) in [7, 11) is 0. The Morgan fingerprint density at radius 2 is 1.50 bits per heavy atom. The predicted molar refractivity (Wildman–Crippen MR) is 44.2 cm³/mol. The fourth-order valence-corrected chi connectivity index (χ4v) is 0.689. The highest BCUT2D eigenvalue weighted by molar-refractivity contribution is 5.28. The van der Waals surface area contributed by atoms with E-state index in [0.717, 1.165) is 19.9 Å². The van der Waals surface area contributed by atoms with Crippen molar-refractivity contribution in [3.05, 3.63) is 23.3 Å². The molecule has 0 aromatic carbocycles. The van der Waals surface area contributed by atoms with Gasteiger partial charge in [-0.1, -0.05) is 6.08 Å². The Morgan fingerprint density at radius 1 is 1.07 bits per heavy atom. The van der Waals surface area contributed by atoms with E-state index in [1.165, 1.54) is 0 Å². The van der Waals surface area contributed by atoms with Crippen molar-refractivity contribution < 1.29 is 22.0 Å². The summed E-state index contributed by atoms with van der Waals surface area (Å²) >= 11 is 0. The van der Waals surface area contributed by atoms with Gasteiger partial charge in [-0.2, -0.15) is 13.2 Å². The SMILES string of the molecule is C/C=C(\C=C(/C)C(C)(F)F)C(F)(F)F. The maximum atomic E-state index is 12.5. The minimum absolute atomic E-state index is 0.458. The van der Waals surface area contributed by atoms with Gasteiger partial charge in [-0.25, -0.2) is 8.78 Å². The van der Waals surface area contributed by atoms with Crippen LogP contribution in [0.1, 0.15) is 20.8 Å². The van der Waals surface area contributed by atoms with E-state index in [4.69, 9.17) is 0 Å². The number of halogens is 5. The molecule has 82 valence electrons. The predicted octanol–water partition coefficient (Wildman–Crippen LogP) is 4.10. The molecule has 5 heteroatoms. The highest BCUT2D eigenvalue weighted by atomic mass is 19.4. The third-order valence-corrected chi connectivity index (χ3v) is 1.70. The molecule has 0 saturated carbocycles. The molecule has 0 N–H and O–H groups in total. The van der Waals surface area contributed by atoms with Crippen molar-refractivity contribution in [2.45, 2.75) is 32.9 Å². The monoisotopic (exact) mass is 214 g/mol. The van der Waals surface area contributed by atoms with Gasteiger partial charge in [0.05, 0.1) is 5.57 Å². The zero-order chi connectivity index (χ0) is 11.6. The Kier molecular flexibility index (Phi) is 3.85. The summed E-state index contributed by atoms with van der Waals surface area (Å²) in [5.74, 6) is -3.22. The molecule has 0 atom stereocenters. The second-order valence-corrected chi connectivity index (χ2v) is 2.96. The zero-order valence-corrected chi connectivity index (χ0v) is 8.04. The van der Waals surface area contributed by atoms with Crippen LogP contribution in [0.4, 0.5) is 22.0 Å². The maximum absolute atomic E-state index is 12.5. The van der Waals surface area contributed by atoms with Gasteiger partial charge in [-0.05, 0) is 25.5 Å². The molecule has 0 fully saturated rings. The molecule has 0 saturated heterocycles. The Balaban J connectivity index is 4.99. The minimum atomic E-state index is -4.58. The van der Waals surface area contributed by atoms with Gasteiger partial charge in [0.25, 0.3) is 5.92 Å². The Hall–Kier alpha value is -0.870. The lowest BCUT2D eigenvalue weighted by Gasteiger charge is -2.13. The van der Waals surface area contributed by atoms with Crippen LogP contribution in [0.3, 0.4) is 0 Å². The smallest absolute Gasteiger partial charge is 0.202 e. The normalized spacial score (nSPS) is 16.0. The minimum Gasteiger partial charge on any atom is -0.202 e. The Morgan fingerprint density at radius 3 is 1.71 bits per heavy atom. The van der Waals surface area contributed by atoms with Crippen molar-refractivity contribution in [2.24, 2.45) is 0 Å². The fourth-order valence-electron chi connectivity index (χ4n) is 0.689. The highest BCUT2D eigenvalue weighted by Crippen LogP contribution is 2.30. The number of rotatable bonds is 2. The van der Waals surface area contributed by atoms with Crippen LogP contribution >= 0.6 is 0 Å². The summed E-state index contributed by atoms with van der Waals surface area (Å²) in [5.41, 5.74) is -1.67. The van der Waals surface area contributed by atoms with Crippen LogP contribution in [0.5, 0.6) is 0 Å². The Bertz CT molecular complexity index is 251. The van der Waals surface area contributed by atoms with Gasteiger partial charge >= 0.3 is 6.18 Å². The van der Waals surface area contributed by atoms with Gasteiger partial charge in [-0.3, -0.25) is 0 Å². The van der Waals surface area contributed by atoms with E-state index in [0.29, 0.717) is 13.0 Å². The molecule has 0 radical (unpaired) electrons. The Labute approximate surface area is 79.1 Å². The van der Waals surface area contributed by atoms with Crippen molar-refractivity contribution in [2.75, 3.05) is 0 Å². The molecule has 0 bridgehead atoms. The number of allylic oxidation sites excluding steroid dienone is 4. The van der Waals surface area contributed by atoms with Gasteiger partial charge in [0.2, 0.25) is 0 Å². The van der Waals surface area contributed by atoms with Crippen LogP contribution in [-0.2, 0) is 0 Å². The average molecular weight is 214 g/mol. The first-order chi connectivity index (χ1) is 6.09. The third-order valence-electron chi connectivity index (χ3n) is 1.70. The van der Waals surface area contributed by atoms with E-state index >= 15 is 0 Å². The van der Waals surface area contributed by atoms with Gasteiger partial charge in [0, 0.05) is 6.92 Å².